The summed E-state index contributed by atoms with van der Waals surface area (Å²) in [5.41, 5.74) is -1.56. The number of rotatable bonds is 5. The second kappa shape index (κ2) is 9.41. The molecule has 0 bridgehead atoms. The highest BCUT2D eigenvalue weighted by Crippen LogP contribution is 2.37. The quantitative estimate of drug-likeness (QED) is 0.589. The summed E-state index contributed by atoms with van der Waals surface area (Å²) in [6.07, 6.45) is -5.08. The zero-order valence-corrected chi connectivity index (χ0v) is 18.5. The lowest BCUT2D eigenvalue weighted by molar-refractivity contribution is -0.275. The average molecular weight is 464 g/mol. The zero-order chi connectivity index (χ0) is 24.4. The van der Waals surface area contributed by atoms with Crippen LogP contribution in [-0.4, -0.2) is 53.2 Å². The van der Waals surface area contributed by atoms with Crippen LogP contribution in [0, 0.1) is 17.7 Å². The first-order chi connectivity index (χ1) is 14.6. The molecule has 32 heavy (non-hydrogen) atoms. The van der Waals surface area contributed by atoms with Crippen molar-refractivity contribution < 1.29 is 41.7 Å². The van der Waals surface area contributed by atoms with Crippen LogP contribution in [0.1, 0.15) is 51.4 Å². The molecule has 0 aliphatic carbocycles. The third kappa shape index (κ3) is 6.89. The van der Waals surface area contributed by atoms with E-state index < -0.39 is 52.9 Å². The lowest BCUT2D eigenvalue weighted by Crippen LogP contribution is -2.48. The first-order valence-corrected chi connectivity index (χ1v) is 10.1. The van der Waals surface area contributed by atoms with Gasteiger partial charge in [0.2, 0.25) is 0 Å². The van der Waals surface area contributed by atoms with Gasteiger partial charge in [-0.15, -0.1) is 13.2 Å². The summed E-state index contributed by atoms with van der Waals surface area (Å²) in [5.74, 6) is -4.20. The van der Waals surface area contributed by atoms with Gasteiger partial charge in [-0.3, -0.25) is 0 Å². The molecule has 1 aromatic carbocycles. The van der Waals surface area contributed by atoms with Gasteiger partial charge in [-0.2, -0.15) is 0 Å². The number of benzene rings is 1. The van der Waals surface area contributed by atoms with Crippen molar-refractivity contribution in [3.8, 4) is 5.75 Å². The fourth-order valence-electron chi connectivity index (χ4n) is 3.79. The normalized spacial score (nSPS) is 20.5. The molecule has 7 nitrogen and oxygen atoms in total. The third-order valence-corrected chi connectivity index (χ3v) is 5.16. The fourth-order valence-corrected chi connectivity index (χ4v) is 3.79. The van der Waals surface area contributed by atoms with Crippen LogP contribution < -0.4 is 10.1 Å². The molecule has 0 aromatic heterocycles. The van der Waals surface area contributed by atoms with Crippen LogP contribution in [0.2, 0.25) is 0 Å². The number of nitrogens with one attached hydrogen (secondary N) is 1. The summed E-state index contributed by atoms with van der Waals surface area (Å²) in [4.78, 5) is 25.1. The number of halogens is 4. The first-order valence-electron chi connectivity index (χ1n) is 10.1. The van der Waals surface area contributed by atoms with Gasteiger partial charge < -0.3 is 24.8 Å². The number of amides is 1. The van der Waals surface area contributed by atoms with Crippen LogP contribution in [0.3, 0.4) is 0 Å². The maximum atomic E-state index is 14.3. The number of piperidine rings is 1. The Labute approximate surface area is 183 Å². The SMILES string of the molecule is C[C@@H]1CN(C(=O)OC(C)(C)C)CC[C@@H]1[C@H](C)Nc1cc(C(=O)O)cc(F)c1OC(F)(F)F. The molecule has 1 aromatic rings. The number of ether oxygens (including phenoxy) is 2. The largest absolute Gasteiger partial charge is 0.573 e. The van der Waals surface area contributed by atoms with E-state index in [2.05, 4.69) is 10.1 Å². The molecule has 0 unspecified atom stereocenters. The van der Waals surface area contributed by atoms with Gasteiger partial charge in [0.15, 0.2) is 11.6 Å². The van der Waals surface area contributed by atoms with E-state index in [-0.39, 0.29) is 11.8 Å². The molecule has 0 spiro atoms. The molecular formula is C21H28F4N2O5. The van der Waals surface area contributed by atoms with Crippen molar-refractivity contribution in [3.63, 3.8) is 0 Å². The summed E-state index contributed by atoms with van der Waals surface area (Å²) >= 11 is 0. The van der Waals surface area contributed by atoms with E-state index in [9.17, 15) is 27.2 Å². The standard InChI is InChI=1S/C21H28F4N2O5/c1-11-10-27(19(30)32-20(3,4)5)7-6-14(11)12(2)26-16-9-13(18(28)29)8-15(22)17(16)31-21(23,24)25/h8-9,11-12,14,26H,6-7,10H2,1-5H3,(H,28,29)/t11-,12+,14+/m1/s1. The minimum atomic E-state index is -5.16. The smallest absolute Gasteiger partial charge is 0.478 e. The van der Waals surface area contributed by atoms with Gasteiger partial charge in [-0.1, -0.05) is 6.92 Å². The first kappa shape index (κ1) is 25.5. The fraction of sp³-hybridized carbons (Fsp3) is 0.619. The Morgan fingerprint density at radius 2 is 1.88 bits per heavy atom. The van der Waals surface area contributed by atoms with E-state index in [1.165, 1.54) is 0 Å². The second-order valence-corrected chi connectivity index (χ2v) is 8.98. The van der Waals surface area contributed by atoms with Crippen molar-refractivity contribution >= 4 is 17.7 Å². The van der Waals surface area contributed by atoms with Crippen LogP contribution in [0.15, 0.2) is 12.1 Å². The Balaban J connectivity index is 2.19. The number of carbonyl (C=O) groups is 2. The number of nitrogens with zero attached hydrogens (tertiary/aromatic N) is 1. The molecule has 2 rings (SSSR count). The Hall–Kier alpha value is -2.72. The number of hydrogen-bond acceptors (Lipinski definition) is 5. The van der Waals surface area contributed by atoms with E-state index in [0.717, 1.165) is 6.07 Å². The van der Waals surface area contributed by atoms with Crippen LogP contribution in [-0.2, 0) is 4.74 Å². The molecule has 11 heteroatoms. The molecule has 1 saturated heterocycles. The third-order valence-electron chi connectivity index (χ3n) is 5.16. The summed E-state index contributed by atoms with van der Waals surface area (Å²) < 4.78 is 61.8. The molecular weight excluding hydrogens is 436 g/mol. The van der Waals surface area contributed by atoms with Gasteiger partial charge in [0.1, 0.15) is 5.60 Å². The van der Waals surface area contributed by atoms with Gasteiger partial charge in [0.25, 0.3) is 0 Å². The van der Waals surface area contributed by atoms with Crippen molar-refractivity contribution in [2.45, 2.75) is 59.0 Å². The van der Waals surface area contributed by atoms with Crippen LogP contribution in [0.25, 0.3) is 0 Å². The maximum Gasteiger partial charge on any atom is 0.573 e. The number of likely N-dealkylation sites (tertiary alicyclic amines) is 1. The average Bonchev–Trinajstić information content (AvgIpc) is 2.61. The molecule has 0 radical (unpaired) electrons. The van der Waals surface area contributed by atoms with E-state index >= 15 is 0 Å². The Bertz CT molecular complexity index is 854. The highest BCUT2D eigenvalue weighted by Gasteiger charge is 2.37. The molecule has 1 fully saturated rings. The van der Waals surface area contributed by atoms with Crippen molar-refractivity contribution in [1.29, 1.82) is 0 Å². The van der Waals surface area contributed by atoms with Crippen molar-refractivity contribution in [3.05, 3.63) is 23.5 Å². The minimum absolute atomic E-state index is 0.0572. The van der Waals surface area contributed by atoms with E-state index in [0.29, 0.717) is 25.6 Å². The molecule has 2 N–H and O–H groups in total. The van der Waals surface area contributed by atoms with E-state index in [1.54, 1.807) is 32.6 Å². The number of carboxylic acids is 1. The van der Waals surface area contributed by atoms with Crippen molar-refractivity contribution in [2.75, 3.05) is 18.4 Å². The minimum Gasteiger partial charge on any atom is -0.478 e. The van der Waals surface area contributed by atoms with Gasteiger partial charge in [0, 0.05) is 19.1 Å². The number of hydrogen-bond donors (Lipinski definition) is 2. The number of carboxylic acid groups (broad SMARTS) is 1. The van der Waals surface area contributed by atoms with Crippen LogP contribution >= 0.6 is 0 Å². The summed E-state index contributed by atoms with van der Waals surface area (Å²) in [6.45, 7) is 9.63. The van der Waals surface area contributed by atoms with Gasteiger partial charge in [-0.25, -0.2) is 14.0 Å². The molecule has 3 atom stereocenters. The molecule has 1 amide bonds. The Morgan fingerprint density at radius 1 is 1.25 bits per heavy atom. The van der Waals surface area contributed by atoms with Gasteiger partial charge >= 0.3 is 18.4 Å². The summed E-state index contributed by atoms with van der Waals surface area (Å²) in [5, 5.41) is 11.9. The number of carbonyl (C=O) groups excluding carboxylic acids is 1. The highest BCUT2D eigenvalue weighted by atomic mass is 19.4. The van der Waals surface area contributed by atoms with E-state index in [1.807, 2.05) is 6.92 Å². The number of alkyl halides is 3. The predicted molar refractivity (Wildman–Crippen MR) is 108 cm³/mol. The topological polar surface area (TPSA) is 88.1 Å². The second-order valence-electron chi connectivity index (χ2n) is 8.98. The molecule has 1 aliphatic heterocycles. The number of anilines is 1. The molecule has 0 saturated carbocycles. The van der Waals surface area contributed by atoms with Gasteiger partial charge in [-0.05, 0) is 58.1 Å². The van der Waals surface area contributed by atoms with E-state index in [4.69, 9.17) is 9.84 Å². The monoisotopic (exact) mass is 464 g/mol. The van der Waals surface area contributed by atoms with Crippen molar-refractivity contribution in [1.82, 2.24) is 4.90 Å². The Kier molecular flexibility index (Phi) is 7.51. The van der Waals surface area contributed by atoms with Gasteiger partial charge in [0.05, 0.1) is 11.3 Å². The zero-order valence-electron chi connectivity index (χ0n) is 18.5. The number of aromatic carboxylic acids is 1. The highest BCUT2D eigenvalue weighted by molar-refractivity contribution is 5.89. The lowest BCUT2D eigenvalue weighted by atomic mass is 9.82. The summed E-state index contributed by atoms with van der Waals surface area (Å²) in [6, 6.07) is 0.912. The summed E-state index contributed by atoms with van der Waals surface area (Å²) in [7, 11) is 0. The van der Waals surface area contributed by atoms with Crippen LogP contribution in [0.5, 0.6) is 5.75 Å². The predicted octanol–water partition coefficient (Wildman–Crippen LogP) is 5.12. The van der Waals surface area contributed by atoms with Crippen molar-refractivity contribution in [2.24, 2.45) is 11.8 Å². The molecule has 1 heterocycles. The molecule has 180 valence electrons. The molecule has 1 aliphatic rings. The lowest BCUT2D eigenvalue weighted by Gasteiger charge is -2.40. The van der Waals surface area contributed by atoms with Crippen LogP contribution in [0.4, 0.5) is 28.0 Å². The maximum absolute atomic E-state index is 14.3. The Morgan fingerprint density at radius 3 is 2.38 bits per heavy atom.